The molecular formula is C25H26N4O6. The first kappa shape index (κ1) is 25.2. The molecule has 0 aliphatic carbocycles. The number of amides is 1. The molecular weight excluding hydrogens is 452 g/mol. The first-order valence-electron chi connectivity index (χ1n) is 10.9. The van der Waals surface area contributed by atoms with Gasteiger partial charge >= 0.3 is 11.7 Å². The summed E-state index contributed by atoms with van der Waals surface area (Å²) < 4.78 is 7.08. The molecule has 3 N–H and O–H groups in total. The molecule has 10 heteroatoms. The molecule has 0 aliphatic heterocycles. The lowest BCUT2D eigenvalue weighted by Gasteiger charge is -2.16. The van der Waals surface area contributed by atoms with Gasteiger partial charge in [0.2, 0.25) is 5.78 Å². The Morgan fingerprint density at radius 3 is 2.29 bits per heavy atom. The number of benzene rings is 2. The minimum Gasteiger partial charge on any atom is -0.454 e. The zero-order chi connectivity index (χ0) is 25.7. The van der Waals surface area contributed by atoms with Crippen molar-refractivity contribution < 1.29 is 19.1 Å². The first-order chi connectivity index (χ1) is 16.6. The Kier molecular flexibility index (Phi) is 7.65. The van der Waals surface area contributed by atoms with Crippen molar-refractivity contribution in [3.8, 4) is 0 Å². The minimum absolute atomic E-state index is 0.0234. The number of aromatic nitrogens is 2. The van der Waals surface area contributed by atoms with Crippen LogP contribution in [0.5, 0.6) is 0 Å². The average Bonchev–Trinajstić information content (AvgIpc) is 2.84. The van der Waals surface area contributed by atoms with Gasteiger partial charge < -0.3 is 15.8 Å². The summed E-state index contributed by atoms with van der Waals surface area (Å²) in [5, 5.41) is 2.65. The van der Waals surface area contributed by atoms with Crippen LogP contribution in [0.25, 0.3) is 0 Å². The van der Waals surface area contributed by atoms with E-state index in [9.17, 15) is 24.0 Å². The van der Waals surface area contributed by atoms with Gasteiger partial charge in [0.15, 0.2) is 6.61 Å². The molecule has 0 radical (unpaired) electrons. The van der Waals surface area contributed by atoms with Crippen LogP contribution in [0.2, 0.25) is 0 Å². The van der Waals surface area contributed by atoms with E-state index in [1.54, 1.807) is 42.5 Å². The normalized spacial score (nSPS) is 10.7. The van der Waals surface area contributed by atoms with Crippen LogP contribution in [0, 0.1) is 5.92 Å². The monoisotopic (exact) mass is 478 g/mol. The highest BCUT2D eigenvalue weighted by molar-refractivity contribution is 6.08. The fraction of sp³-hybridized carbons (Fsp3) is 0.240. The lowest BCUT2D eigenvalue weighted by Crippen LogP contribution is -2.43. The second kappa shape index (κ2) is 10.6. The maximum Gasteiger partial charge on any atom is 0.340 e. The van der Waals surface area contributed by atoms with Crippen molar-refractivity contribution in [3.05, 3.63) is 92.1 Å². The molecule has 0 aliphatic rings. The van der Waals surface area contributed by atoms with Crippen molar-refractivity contribution in [3.63, 3.8) is 0 Å². The molecule has 0 unspecified atom stereocenters. The maximum atomic E-state index is 12.8. The molecule has 0 atom stereocenters. The number of nitrogens with one attached hydrogen (secondary N) is 1. The average molecular weight is 479 g/mol. The van der Waals surface area contributed by atoms with Crippen molar-refractivity contribution in [2.45, 2.75) is 20.4 Å². The highest BCUT2D eigenvalue weighted by Crippen LogP contribution is 2.18. The van der Waals surface area contributed by atoms with Gasteiger partial charge in [0, 0.05) is 19.2 Å². The lowest BCUT2D eigenvalue weighted by atomic mass is 10.1. The number of ketones is 1. The Labute approximate surface area is 201 Å². The summed E-state index contributed by atoms with van der Waals surface area (Å²) in [7, 11) is 1.25. The number of Topliss-reactive ketones (excluding diaryl/α,β-unsaturated/α-hetero) is 1. The van der Waals surface area contributed by atoms with Crippen molar-refractivity contribution >= 4 is 29.2 Å². The summed E-state index contributed by atoms with van der Waals surface area (Å²) in [6, 6.07) is 14.6. The number of carbonyl (C=O) groups is 3. The van der Waals surface area contributed by atoms with E-state index in [-0.39, 0.29) is 29.5 Å². The minimum atomic E-state index is -0.881. The summed E-state index contributed by atoms with van der Waals surface area (Å²) in [4.78, 5) is 63.0. The fourth-order valence-electron chi connectivity index (χ4n) is 3.42. The van der Waals surface area contributed by atoms with E-state index in [1.165, 1.54) is 19.2 Å². The van der Waals surface area contributed by atoms with Crippen molar-refractivity contribution in [1.82, 2.24) is 9.13 Å². The standard InChI is InChI=1S/C25H26N4O6/c1-15(2)13-29-21(26)20(23(32)28(3)25(29)34)19(30)14-35-24(33)17-11-7-8-12-18(17)27-22(31)16-9-5-4-6-10-16/h4-12,15H,13-14,26H2,1-3H3,(H,27,31). The Bertz CT molecular complexity index is 1390. The molecule has 1 aromatic heterocycles. The van der Waals surface area contributed by atoms with Crippen LogP contribution in [0.15, 0.2) is 64.2 Å². The molecule has 2 aromatic carbocycles. The number of anilines is 2. The highest BCUT2D eigenvalue weighted by atomic mass is 16.5. The van der Waals surface area contributed by atoms with Crippen LogP contribution in [0.3, 0.4) is 0 Å². The van der Waals surface area contributed by atoms with Crippen LogP contribution >= 0.6 is 0 Å². The quantitative estimate of drug-likeness (QED) is 0.373. The third-order valence-electron chi connectivity index (χ3n) is 5.18. The molecule has 182 valence electrons. The van der Waals surface area contributed by atoms with E-state index in [4.69, 9.17) is 10.5 Å². The number of hydrogen-bond acceptors (Lipinski definition) is 7. The number of nitrogen functional groups attached to an aromatic ring is 1. The number of carbonyl (C=O) groups excluding carboxylic acids is 3. The number of para-hydroxylation sites is 1. The van der Waals surface area contributed by atoms with Gasteiger partial charge in [-0.2, -0.15) is 0 Å². The number of nitrogens with zero attached hydrogens (tertiary/aromatic N) is 2. The second-order valence-electron chi connectivity index (χ2n) is 8.28. The van der Waals surface area contributed by atoms with Crippen molar-refractivity contribution in [2.24, 2.45) is 13.0 Å². The van der Waals surface area contributed by atoms with Gasteiger partial charge in [0.1, 0.15) is 11.4 Å². The van der Waals surface area contributed by atoms with E-state index < -0.39 is 41.1 Å². The molecule has 0 saturated carbocycles. The van der Waals surface area contributed by atoms with Gasteiger partial charge in [-0.05, 0) is 30.2 Å². The Morgan fingerprint density at radius 2 is 1.63 bits per heavy atom. The van der Waals surface area contributed by atoms with Gasteiger partial charge in [0.25, 0.3) is 11.5 Å². The molecule has 1 amide bonds. The van der Waals surface area contributed by atoms with Gasteiger partial charge in [-0.3, -0.25) is 23.5 Å². The molecule has 0 fully saturated rings. The second-order valence-corrected chi connectivity index (χ2v) is 8.28. The summed E-state index contributed by atoms with van der Waals surface area (Å²) in [6.07, 6.45) is 0. The number of nitrogens with two attached hydrogens (primary N) is 1. The summed E-state index contributed by atoms with van der Waals surface area (Å²) in [5.41, 5.74) is 4.67. The molecule has 1 heterocycles. The van der Waals surface area contributed by atoms with E-state index in [2.05, 4.69) is 5.32 Å². The summed E-state index contributed by atoms with van der Waals surface area (Å²) >= 11 is 0. The number of esters is 1. The van der Waals surface area contributed by atoms with E-state index >= 15 is 0 Å². The number of rotatable bonds is 8. The summed E-state index contributed by atoms with van der Waals surface area (Å²) in [6.45, 7) is 3.13. The van der Waals surface area contributed by atoms with Crippen molar-refractivity contribution in [2.75, 3.05) is 17.7 Å². The topological polar surface area (TPSA) is 142 Å². The zero-order valence-electron chi connectivity index (χ0n) is 19.6. The van der Waals surface area contributed by atoms with Gasteiger partial charge in [0.05, 0.1) is 11.3 Å². The van der Waals surface area contributed by atoms with E-state index in [1.807, 2.05) is 13.8 Å². The third kappa shape index (κ3) is 5.55. The zero-order valence-corrected chi connectivity index (χ0v) is 19.6. The predicted molar refractivity (Wildman–Crippen MR) is 131 cm³/mol. The maximum absolute atomic E-state index is 12.8. The Morgan fingerprint density at radius 1 is 1.00 bits per heavy atom. The highest BCUT2D eigenvalue weighted by Gasteiger charge is 2.24. The molecule has 0 bridgehead atoms. The van der Waals surface area contributed by atoms with Crippen molar-refractivity contribution in [1.29, 1.82) is 0 Å². The van der Waals surface area contributed by atoms with Crippen LogP contribution < -0.4 is 22.3 Å². The number of hydrogen-bond donors (Lipinski definition) is 2. The Balaban J connectivity index is 1.81. The molecule has 0 saturated heterocycles. The fourth-order valence-corrected chi connectivity index (χ4v) is 3.42. The largest absolute Gasteiger partial charge is 0.454 e. The Hall–Kier alpha value is -4.47. The molecule has 3 rings (SSSR count). The smallest absolute Gasteiger partial charge is 0.340 e. The van der Waals surface area contributed by atoms with E-state index in [0.717, 1.165) is 9.13 Å². The molecule has 35 heavy (non-hydrogen) atoms. The van der Waals surface area contributed by atoms with Gasteiger partial charge in [-0.1, -0.05) is 44.2 Å². The number of ether oxygens (including phenoxy) is 1. The van der Waals surface area contributed by atoms with E-state index in [0.29, 0.717) is 5.56 Å². The molecule has 0 spiro atoms. The van der Waals surface area contributed by atoms with Gasteiger partial charge in [-0.15, -0.1) is 0 Å². The van der Waals surface area contributed by atoms with Gasteiger partial charge in [-0.25, -0.2) is 9.59 Å². The predicted octanol–water partition coefficient (Wildman–Crippen LogP) is 2.08. The van der Waals surface area contributed by atoms with Crippen LogP contribution in [0.4, 0.5) is 11.5 Å². The van der Waals surface area contributed by atoms with Crippen LogP contribution in [0.1, 0.15) is 44.9 Å². The summed E-state index contributed by atoms with van der Waals surface area (Å²) in [5.74, 6) is -2.40. The third-order valence-corrected chi connectivity index (χ3v) is 5.18. The molecule has 10 nitrogen and oxygen atoms in total. The lowest BCUT2D eigenvalue weighted by molar-refractivity contribution is 0.0475. The first-order valence-corrected chi connectivity index (χ1v) is 10.9. The van der Waals surface area contributed by atoms with Crippen LogP contribution in [-0.4, -0.2) is 33.4 Å². The molecule has 3 aromatic rings. The van der Waals surface area contributed by atoms with Crippen LogP contribution in [-0.2, 0) is 18.3 Å². The SMILES string of the molecule is CC(C)Cn1c(N)c(C(=O)COC(=O)c2ccccc2NC(=O)c2ccccc2)c(=O)n(C)c1=O.